The van der Waals surface area contributed by atoms with Crippen LogP contribution in [0.25, 0.3) is 10.6 Å². The summed E-state index contributed by atoms with van der Waals surface area (Å²) in [6.07, 6.45) is 0. The van der Waals surface area contributed by atoms with E-state index in [2.05, 4.69) is 26.3 Å². The van der Waals surface area contributed by atoms with Crippen LogP contribution in [-0.2, 0) is 0 Å². The molecule has 2 N–H and O–H groups in total. The summed E-state index contributed by atoms with van der Waals surface area (Å²) in [5.74, 6) is -0.422. The molecule has 0 unspecified atom stereocenters. The molecular formula is C17H12N6OS. The summed E-state index contributed by atoms with van der Waals surface area (Å²) in [4.78, 5) is 23.1. The molecule has 1 aromatic carbocycles. The zero-order valence-electron chi connectivity index (χ0n) is 13.4. The Kier molecular flexibility index (Phi) is 4.29. The lowest BCUT2D eigenvalue weighted by Crippen LogP contribution is -2.13. The molecule has 0 atom stereocenters. The van der Waals surface area contributed by atoms with Crippen molar-refractivity contribution in [3.63, 3.8) is 0 Å². The fourth-order valence-electron chi connectivity index (χ4n) is 2.32. The van der Waals surface area contributed by atoms with Crippen LogP contribution < -0.4 is 5.32 Å². The minimum absolute atomic E-state index is 0.00653. The zero-order chi connectivity index (χ0) is 18.0. The van der Waals surface area contributed by atoms with Crippen LogP contribution in [0.2, 0.25) is 0 Å². The Hall–Kier alpha value is -3.49. The Morgan fingerprint density at radius 3 is 2.68 bits per heavy atom. The quantitative estimate of drug-likeness (QED) is 0.753. The second-order valence-corrected chi connectivity index (χ2v) is 6.20. The number of nitrogens with zero attached hydrogens (tertiary/aromatic N) is 4. The highest BCUT2D eigenvalue weighted by molar-refractivity contribution is 7.13. The van der Waals surface area contributed by atoms with Gasteiger partial charge in [0.25, 0.3) is 5.91 Å². The van der Waals surface area contributed by atoms with Gasteiger partial charge in [-0.2, -0.15) is 10.5 Å². The van der Waals surface area contributed by atoms with Crippen molar-refractivity contribution in [3.05, 3.63) is 51.8 Å². The number of thiazole rings is 1. The molecule has 2 aromatic heterocycles. The van der Waals surface area contributed by atoms with Crippen LogP contribution in [0.3, 0.4) is 0 Å². The lowest BCUT2D eigenvalue weighted by molar-refractivity contribution is 0.102. The molecule has 25 heavy (non-hydrogen) atoms. The molecule has 3 rings (SSSR count). The number of carbonyl (C=O) groups is 1. The highest BCUT2D eigenvalue weighted by Crippen LogP contribution is 2.27. The first-order chi connectivity index (χ1) is 12.0. The third kappa shape index (κ3) is 3.25. The Balaban J connectivity index is 1.83. The second kappa shape index (κ2) is 6.56. The van der Waals surface area contributed by atoms with Gasteiger partial charge in [-0.25, -0.2) is 9.97 Å². The summed E-state index contributed by atoms with van der Waals surface area (Å²) in [5.41, 5.74) is 3.42. The maximum Gasteiger partial charge on any atom is 0.277 e. The molecule has 0 aliphatic carbocycles. The molecule has 122 valence electrons. The maximum atomic E-state index is 12.3. The molecule has 0 aliphatic rings. The Morgan fingerprint density at radius 1 is 1.24 bits per heavy atom. The van der Waals surface area contributed by atoms with E-state index >= 15 is 0 Å². The van der Waals surface area contributed by atoms with Crippen molar-refractivity contribution in [3.8, 4) is 22.7 Å². The number of rotatable bonds is 3. The summed E-state index contributed by atoms with van der Waals surface area (Å²) in [5, 5.41) is 22.7. The van der Waals surface area contributed by atoms with Crippen LogP contribution in [0.5, 0.6) is 0 Å². The number of carbonyl (C=O) groups excluding carboxylic acids is 1. The summed E-state index contributed by atoms with van der Waals surface area (Å²) in [6, 6.07) is 9.64. The predicted octanol–water partition coefficient (Wildman–Crippen LogP) is 3.15. The monoisotopic (exact) mass is 348 g/mol. The number of benzene rings is 1. The highest BCUT2D eigenvalue weighted by Gasteiger charge is 2.16. The normalized spacial score (nSPS) is 10.1. The van der Waals surface area contributed by atoms with E-state index < -0.39 is 5.91 Å². The number of anilines is 1. The minimum atomic E-state index is -0.463. The molecule has 1 amide bonds. The fourth-order valence-corrected chi connectivity index (χ4v) is 3.21. The van der Waals surface area contributed by atoms with Gasteiger partial charge in [-0.15, -0.1) is 11.3 Å². The van der Waals surface area contributed by atoms with Crippen LogP contribution in [0.15, 0.2) is 23.6 Å². The molecule has 7 nitrogen and oxygen atoms in total. The van der Waals surface area contributed by atoms with Crippen molar-refractivity contribution >= 4 is 23.2 Å². The van der Waals surface area contributed by atoms with Gasteiger partial charge in [-0.3, -0.25) is 10.1 Å². The fraction of sp³-hybridized carbons (Fsp3) is 0.118. The van der Waals surface area contributed by atoms with E-state index in [0.29, 0.717) is 0 Å². The van der Waals surface area contributed by atoms with Gasteiger partial charge in [-0.1, -0.05) is 23.8 Å². The van der Waals surface area contributed by atoms with Crippen molar-refractivity contribution < 1.29 is 4.79 Å². The van der Waals surface area contributed by atoms with Gasteiger partial charge in [0.15, 0.2) is 11.4 Å². The van der Waals surface area contributed by atoms with Gasteiger partial charge in [0.2, 0.25) is 5.95 Å². The molecule has 0 bridgehead atoms. The first-order valence-electron chi connectivity index (χ1n) is 7.26. The van der Waals surface area contributed by atoms with E-state index in [4.69, 9.17) is 10.5 Å². The van der Waals surface area contributed by atoms with Crippen molar-refractivity contribution in [1.82, 2.24) is 15.0 Å². The smallest absolute Gasteiger partial charge is 0.277 e. The Labute approximate surface area is 147 Å². The minimum Gasteiger partial charge on any atom is -0.314 e. The molecule has 2 heterocycles. The van der Waals surface area contributed by atoms with Crippen molar-refractivity contribution in [2.75, 3.05) is 5.32 Å². The van der Waals surface area contributed by atoms with Gasteiger partial charge in [-0.05, 0) is 19.4 Å². The van der Waals surface area contributed by atoms with Crippen molar-refractivity contribution in [1.29, 1.82) is 10.5 Å². The molecule has 0 fully saturated rings. The van der Waals surface area contributed by atoms with Crippen LogP contribution >= 0.6 is 11.3 Å². The summed E-state index contributed by atoms with van der Waals surface area (Å²) < 4.78 is 0. The van der Waals surface area contributed by atoms with Crippen molar-refractivity contribution in [2.24, 2.45) is 0 Å². The van der Waals surface area contributed by atoms with Gasteiger partial charge < -0.3 is 4.98 Å². The lowest BCUT2D eigenvalue weighted by atomic mass is 10.1. The first-order valence-corrected chi connectivity index (χ1v) is 8.14. The van der Waals surface area contributed by atoms with E-state index in [0.717, 1.165) is 21.7 Å². The van der Waals surface area contributed by atoms with Crippen LogP contribution in [0.4, 0.5) is 5.95 Å². The molecule has 0 aliphatic heterocycles. The Bertz CT molecular complexity index is 1020. The van der Waals surface area contributed by atoms with Gasteiger partial charge >= 0.3 is 0 Å². The number of aromatic nitrogens is 3. The summed E-state index contributed by atoms with van der Waals surface area (Å²) in [6.45, 7) is 4.02. The molecular weight excluding hydrogens is 336 g/mol. The molecule has 8 heteroatoms. The average molecular weight is 348 g/mol. The Morgan fingerprint density at radius 2 is 2.04 bits per heavy atom. The maximum absolute atomic E-state index is 12.3. The van der Waals surface area contributed by atoms with E-state index in [-0.39, 0.29) is 23.0 Å². The second-order valence-electron chi connectivity index (χ2n) is 5.34. The third-order valence-electron chi connectivity index (χ3n) is 3.50. The topological polar surface area (TPSA) is 118 Å². The summed E-state index contributed by atoms with van der Waals surface area (Å²) >= 11 is 1.37. The number of amides is 1. The standard InChI is InChI=1S/C17H12N6OS/c1-9-3-4-11(10(2)5-9)16-20-14(8-25-16)15(24)23-17-21-12(6-18)13(7-19)22-17/h3-5,8H,1-2H3,(H2,21,22,23,24). The SMILES string of the molecule is Cc1ccc(-c2nc(C(=O)Nc3nc(C#N)c(C#N)[nH]3)cs2)c(C)c1. The number of hydrogen-bond donors (Lipinski definition) is 2. The number of H-pyrrole nitrogens is 1. The molecule has 0 saturated heterocycles. The van der Waals surface area contributed by atoms with Crippen LogP contribution in [0, 0.1) is 36.5 Å². The molecule has 0 spiro atoms. The highest BCUT2D eigenvalue weighted by atomic mass is 32.1. The van der Waals surface area contributed by atoms with E-state index in [1.165, 1.54) is 11.3 Å². The number of imidazole rings is 1. The predicted molar refractivity (Wildman–Crippen MR) is 93.0 cm³/mol. The zero-order valence-corrected chi connectivity index (χ0v) is 14.2. The largest absolute Gasteiger partial charge is 0.314 e. The van der Waals surface area contributed by atoms with Crippen LogP contribution in [-0.4, -0.2) is 20.9 Å². The number of aromatic amines is 1. The van der Waals surface area contributed by atoms with E-state index in [1.54, 1.807) is 11.4 Å². The van der Waals surface area contributed by atoms with E-state index in [1.807, 2.05) is 32.0 Å². The third-order valence-corrected chi connectivity index (χ3v) is 4.38. The van der Waals surface area contributed by atoms with Crippen molar-refractivity contribution in [2.45, 2.75) is 13.8 Å². The molecule has 3 aromatic rings. The number of nitrogens with one attached hydrogen (secondary N) is 2. The molecule has 0 saturated carbocycles. The van der Waals surface area contributed by atoms with Gasteiger partial charge in [0, 0.05) is 10.9 Å². The number of aryl methyl sites for hydroxylation is 2. The average Bonchev–Trinajstić information content (AvgIpc) is 3.21. The number of hydrogen-bond acceptors (Lipinski definition) is 6. The molecule has 0 radical (unpaired) electrons. The summed E-state index contributed by atoms with van der Waals surface area (Å²) in [7, 11) is 0. The lowest BCUT2D eigenvalue weighted by Gasteiger charge is -2.03. The number of nitriles is 2. The van der Waals surface area contributed by atoms with E-state index in [9.17, 15) is 4.79 Å². The van der Waals surface area contributed by atoms with Gasteiger partial charge in [0.1, 0.15) is 22.8 Å². The van der Waals surface area contributed by atoms with Crippen LogP contribution in [0.1, 0.15) is 33.0 Å². The van der Waals surface area contributed by atoms with Gasteiger partial charge in [0.05, 0.1) is 0 Å². The first kappa shape index (κ1) is 16.4.